The number of aromatic hydroxyl groups is 1. The van der Waals surface area contributed by atoms with Crippen molar-refractivity contribution in [1.29, 1.82) is 0 Å². The van der Waals surface area contributed by atoms with Gasteiger partial charge < -0.3 is 19.3 Å². The Balaban J connectivity index is 1.69. The molecule has 9 heteroatoms. The van der Waals surface area contributed by atoms with Gasteiger partial charge in [0, 0.05) is 17.2 Å². The summed E-state index contributed by atoms with van der Waals surface area (Å²) in [6.07, 6.45) is 1.45. The molecule has 1 heterocycles. The number of benzene rings is 2. The molecular weight excluding hydrogens is 420 g/mol. The Hall–Kier alpha value is -1.84. The van der Waals surface area contributed by atoms with Gasteiger partial charge in [0.05, 0.1) is 25.2 Å². The van der Waals surface area contributed by atoms with E-state index in [9.17, 15) is 18.1 Å². The summed E-state index contributed by atoms with van der Waals surface area (Å²) in [5, 5.41) is 10.4. The molecule has 0 amide bonds. The van der Waals surface area contributed by atoms with Crippen molar-refractivity contribution in [2.75, 3.05) is 26.9 Å². The highest BCUT2D eigenvalue weighted by Gasteiger charge is 2.24. The van der Waals surface area contributed by atoms with Gasteiger partial charge in [0.15, 0.2) is 11.5 Å². The van der Waals surface area contributed by atoms with Crippen molar-refractivity contribution >= 4 is 21.7 Å². The molecule has 0 fully saturated rings. The van der Waals surface area contributed by atoms with Crippen LogP contribution in [0.15, 0.2) is 35.2 Å². The molecule has 3 rings (SSSR count). The summed E-state index contributed by atoms with van der Waals surface area (Å²) >= 11 is 5.95. The van der Waals surface area contributed by atoms with E-state index in [1.807, 2.05) is 0 Å². The summed E-state index contributed by atoms with van der Waals surface area (Å²) in [6, 6.07) is 7.56. The summed E-state index contributed by atoms with van der Waals surface area (Å²) < 4.78 is 49.4. The fraction of sp³-hybridized carbons (Fsp3) is 0.400. The van der Waals surface area contributed by atoms with Crippen molar-refractivity contribution in [2.45, 2.75) is 30.3 Å². The van der Waals surface area contributed by atoms with Gasteiger partial charge in [-0.3, -0.25) is 4.55 Å². The minimum absolute atomic E-state index is 0.0894. The van der Waals surface area contributed by atoms with Crippen LogP contribution in [0.3, 0.4) is 0 Å². The molecule has 7 nitrogen and oxygen atoms in total. The summed E-state index contributed by atoms with van der Waals surface area (Å²) in [7, 11) is -2.82. The van der Waals surface area contributed by atoms with Gasteiger partial charge in [-0.15, -0.1) is 0 Å². The first kappa shape index (κ1) is 21.9. The lowest BCUT2D eigenvalue weighted by atomic mass is 9.98. The largest absolute Gasteiger partial charge is 0.504 e. The predicted octanol–water partition coefficient (Wildman–Crippen LogP) is 3.56. The maximum absolute atomic E-state index is 11.5. The lowest BCUT2D eigenvalue weighted by Gasteiger charge is -2.20. The molecular formula is C20H23ClO7S. The molecule has 2 N–H and O–H groups in total. The van der Waals surface area contributed by atoms with Crippen LogP contribution in [-0.4, -0.2) is 45.0 Å². The highest BCUT2D eigenvalue weighted by molar-refractivity contribution is 7.85. The predicted molar refractivity (Wildman–Crippen MR) is 107 cm³/mol. The van der Waals surface area contributed by atoms with Gasteiger partial charge in [0.1, 0.15) is 6.10 Å². The Morgan fingerprint density at radius 2 is 2.07 bits per heavy atom. The maximum Gasteiger partial charge on any atom is 0.294 e. The highest BCUT2D eigenvalue weighted by Crippen LogP contribution is 2.38. The van der Waals surface area contributed by atoms with Gasteiger partial charge in [-0.2, -0.15) is 8.42 Å². The summed E-state index contributed by atoms with van der Waals surface area (Å²) in [5.74, 6) is 0.543. The van der Waals surface area contributed by atoms with Crippen molar-refractivity contribution in [1.82, 2.24) is 0 Å². The minimum atomic E-state index is -4.34. The third kappa shape index (κ3) is 5.21. The molecule has 158 valence electrons. The van der Waals surface area contributed by atoms with E-state index in [0.29, 0.717) is 22.9 Å². The standard InChI is InChI=1S/C20H23ClO7S/c1-26-20-16-3-2-9-28-18(15(16)5-6-17(20)22)12-27-10-8-13-11-14(21)4-7-19(13)29(23,24)25/h4-7,11,18,22H,2-3,8-10,12H2,1H3,(H,23,24,25). The number of ether oxygens (including phenoxy) is 3. The molecule has 2 aromatic rings. The second kappa shape index (κ2) is 9.32. The number of fused-ring (bicyclic) bond motifs is 1. The Labute approximate surface area is 174 Å². The van der Waals surface area contributed by atoms with Gasteiger partial charge in [-0.25, -0.2) is 0 Å². The molecule has 29 heavy (non-hydrogen) atoms. The second-order valence-corrected chi connectivity index (χ2v) is 8.53. The first-order valence-electron chi connectivity index (χ1n) is 9.15. The number of phenols is 1. The molecule has 0 saturated heterocycles. The SMILES string of the molecule is COc1c(O)ccc2c1CCCOC2COCCc1cc(Cl)ccc1S(=O)(=O)O. The first-order chi connectivity index (χ1) is 13.8. The van der Waals surface area contributed by atoms with Crippen LogP contribution in [0.1, 0.15) is 29.2 Å². The maximum atomic E-state index is 11.5. The van der Waals surface area contributed by atoms with E-state index in [2.05, 4.69) is 0 Å². The zero-order chi connectivity index (χ0) is 21.0. The normalized spacial score (nSPS) is 16.9. The molecule has 0 spiro atoms. The number of rotatable bonds is 7. The van der Waals surface area contributed by atoms with E-state index in [-0.39, 0.29) is 36.4 Å². The van der Waals surface area contributed by atoms with Crippen molar-refractivity contribution in [3.8, 4) is 11.5 Å². The third-order valence-electron chi connectivity index (χ3n) is 4.80. The average molecular weight is 443 g/mol. The van der Waals surface area contributed by atoms with Crippen LogP contribution in [0.5, 0.6) is 11.5 Å². The van der Waals surface area contributed by atoms with E-state index >= 15 is 0 Å². The molecule has 0 bridgehead atoms. The molecule has 1 unspecified atom stereocenters. The van der Waals surface area contributed by atoms with Crippen LogP contribution >= 0.6 is 11.6 Å². The zero-order valence-electron chi connectivity index (χ0n) is 15.9. The van der Waals surface area contributed by atoms with Gasteiger partial charge in [0.25, 0.3) is 10.1 Å². The van der Waals surface area contributed by atoms with Crippen molar-refractivity contribution in [2.24, 2.45) is 0 Å². The molecule has 1 aliphatic heterocycles. The van der Waals surface area contributed by atoms with Gasteiger partial charge >= 0.3 is 0 Å². The topological polar surface area (TPSA) is 102 Å². The molecule has 1 aliphatic rings. The van der Waals surface area contributed by atoms with Crippen LogP contribution in [-0.2, 0) is 32.4 Å². The van der Waals surface area contributed by atoms with Gasteiger partial charge in [-0.1, -0.05) is 17.7 Å². The first-order valence-corrected chi connectivity index (χ1v) is 11.0. The quantitative estimate of drug-likeness (QED) is 0.499. The fourth-order valence-corrected chi connectivity index (χ4v) is 4.41. The smallest absolute Gasteiger partial charge is 0.294 e. The molecule has 0 aliphatic carbocycles. The molecule has 2 aromatic carbocycles. The Bertz CT molecular complexity index is 975. The number of phenolic OH excluding ortho intramolecular Hbond substituents is 1. The minimum Gasteiger partial charge on any atom is -0.504 e. The summed E-state index contributed by atoms with van der Waals surface area (Å²) in [4.78, 5) is -0.179. The third-order valence-corrected chi connectivity index (χ3v) is 5.99. The van der Waals surface area contributed by atoms with Crippen LogP contribution < -0.4 is 4.74 Å². The Morgan fingerprint density at radius 3 is 2.79 bits per heavy atom. The second-order valence-electron chi connectivity index (χ2n) is 6.70. The van der Waals surface area contributed by atoms with Crippen molar-refractivity contribution in [3.63, 3.8) is 0 Å². The number of hydrogen-bond acceptors (Lipinski definition) is 6. The van der Waals surface area contributed by atoms with Crippen LogP contribution in [0.25, 0.3) is 0 Å². The van der Waals surface area contributed by atoms with Crippen LogP contribution in [0, 0.1) is 0 Å². The molecule has 1 atom stereocenters. The monoisotopic (exact) mass is 442 g/mol. The summed E-state index contributed by atoms with van der Waals surface area (Å²) in [6.45, 7) is 1.02. The lowest BCUT2D eigenvalue weighted by molar-refractivity contribution is -0.0150. The Kier molecular flexibility index (Phi) is 7.02. The number of halogens is 1. The molecule has 0 aromatic heterocycles. The lowest BCUT2D eigenvalue weighted by Crippen LogP contribution is -2.14. The van der Waals surface area contributed by atoms with Crippen molar-refractivity contribution < 1.29 is 32.3 Å². The number of methoxy groups -OCH3 is 1. The van der Waals surface area contributed by atoms with Gasteiger partial charge in [0.2, 0.25) is 0 Å². The van der Waals surface area contributed by atoms with E-state index in [1.54, 1.807) is 12.1 Å². The summed E-state index contributed by atoms with van der Waals surface area (Å²) in [5.41, 5.74) is 2.19. The van der Waals surface area contributed by atoms with Gasteiger partial charge in [-0.05, 0) is 54.7 Å². The van der Waals surface area contributed by atoms with E-state index in [0.717, 1.165) is 24.0 Å². The van der Waals surface area contributed by atoms with Crippen LogP contribution in [0.2, 0.25) is 5.02 Å². The molecule has 0 saturated carbocycles. The highest BCUT2D eigenvalue weighted by atomic mass is 35.5. The molecule has 0 radical (unpaired) electrons. The van der Waals surface area contributed by atoms with Crippen LogP contribution in [0.4, 0.5) is 0 Å². The fourth-order valence-electron chi connectivity index (χ4n) is 3.49. The van der Waals surface area contributed by atoms with E-state index in [4.69, 9.17) is 25.8 Å². The van der Waals surface area contributed by atoms with E-state index in [1.165, 1.54) is 25.3 Å². The Morgan fingerprint density at radius 1 is 1.28 bits per heavy atom. The van der Waals surface area contributed by atoms with E-state index < -0.39 is 10.1 Å². The van der Waals surface area contributed by atoms with Crippen molar-refractivity contribution in [3.05, 3.63) is 52.0 Å². The number of hydrogen-bond donors (Lipinski definition) is 2. The zero-order valence-corrected chi connectivity index (χ0v) is 17.5. The average Bonchev–Trinajstić information content (AvgIpc) is 2.86.